The Labute approximate surface area is 130 Å². The molecular formula is C15H21ClN4O. The fraction of sp³-hybridized carbons (Fsp3) is 0.400. The molecule has 0 aliphatic carbocycles. The first-order valence-corrected chi connectivity index (χ1v) is 7.28. The number of halogens is 1. The van der Waals surface area contributed by atoms with Crippen LogP contribution in [-0.2, 0) is 13.5 Å². The van der Waals surface area contributed by atoms with Crippen LogP contribution >= 0.6 is 11.6 Å². The SMILES string of the molecule is CCCc1nn(C)c(Nc2cc(C)c(Cl)cc2OC)c1N. The van der Waals surface area contributed by atoms with E-state index in [0.717, 1.165) is 35.6 Å². The van der Waals surface area contributed by atoms with Crippen molar-refractivity contribution in [3.8, 4) is 5.75 Å². The highest BCUT2D eigenvalue weighted by molar-refractivity contribution is 6.31. The minimum Gasteiger partial charge on any atom is -0.495 e. The quantitative estimate of drug-likeness (QED) is 0.884. The number of nitrogens with one attached hydrogen (secondary N) is 1. The minimum atomic E-state index is 0.669. The van der Waals surface area contributed by atoms with E-state index in [4.69, 9.17) is 22.1 Å². The molecule has 1 heterocycles. The Bertz CT molecular complexity index is 652. The smallest absolute Gasteiger partial charge is 0.152 e. The zero-order chi connectivity index (χ0) is 15.6. The summed E-state index contributed by atoms with van der Waals surface area (Å²) in [6.07, 6.45) is 1.86. The zero-order valence-electron chi connectivity index (χ0n) is 12.8. The summed E-state index contributed by atoms with van der Waals surface area (Å²) in [6.45, 7) is 4.05. The molecule has 2 aromatic rings. The normalized spacial score (nSPS) is 10.7. The molecule has 0 saturated carbocycles. The van der Waals surface area contributed by atoms with E-state index >= 15 is 0 Å². The molecule has 1 aromatic carbocycles. The summed E-state index contributed by atoms with van der Waals surface area (Å²) >= 11 is 6.13. The second-order valence-corrected chi connectivity index (χ2v) is 5.42. The fourth-order valence-electron chi connectivity index (χ4n) is 2.22. The highest BCUT2D eigenvalue weighted by Crippen LogP contribution is 2.35. The molecule has 0 amide bonds. The highest BCUT2D eigenvalue weighted by atomic mass is 35.5. The maximum absolute atomic E-state index is 6.18. The molecule has 0 atom stereocenters. The maximum Gasteiger partial charge on any atom is 0.152 e. The molecule has 0 aliphatic heterocycles. The maximum atomic E-state index is 6.18. The van der Waals surface area contributed by atoms with Crippen LogP contribution in [0.3, 0.4) is 0 Å². The number of nitrogen functional groups attached to an aromatic ring is 1. The fourth-order valence-corrected chi connectivity index (χ4v) is 2.38. The van der Waals surface area contributed by atoms with Crippen molar-refractivity contribution >= 4 is 28.8 Å². The Morgan fingerprint density at radius 1 is 1.43 bits per heavy atom. The lowest BCUT2D eigenvalue weighted by molar-refractivity contribution is 0.416. The second-order valence-electron chi connectivity index (χ2n) is 5.01. The van der Waals surface area contributed by atoms with Gasteiger partial charge in [0.05, 0.1) is 24.2 Å². The third-order valence-corrected chi connectivity index (χ3v) is 3.79. The van der Waals surface area contributed by atoms with E-state index in [2.05, 4.69) is 17.3 Å². The Hall–Kier alpha value is -1.88. The van der Waals surface area contributed by atoms with Crippen molar-refractivity contribution in [2.75, 3.05) is 18.2 Å². The van der Waals surface area contributed by atoms with E-state index in [1.54, 1.807) is 17.9 Å². The summed E-state index contributed by atoms with van der Waals surface area (Å²) in [5, 5.41) is 8.42. The van der Waals surface area contributed by atoms with E-state index in [1.807, 2.05) is 20.0 Å². The average molecular weight is 309 g/mol. The molecule has 0 unspecified atom stereocenters. The largest absolute Gasteiger partial charge is 0.495 e. The van der Waals surface area contributed by atoms with Crippen molar-refractivity contribution in [3.63, 3.8) is 0 Å². The lowest BCUT2D eigenvalue weighted by atomic mass is 10.2. The van der Waals surface area contributed by atoms with Crippen molar-refractivity contribution in [1.82, 2.24) is 9.78 Å². The van der Waals surface area contributed by atoms with Gasteiger partial charge in [-0.3, -0.25) is 4.68 Å². The van der Waals surface area contributed by atoms with Gasteiger partial charge in [0.25, 0.3) is 0 Å². The molecule has 0 fully saturated rings. The number of anilines is 3. The zero-order valence-corrected chi connectivity index (χ0v) is 13.6. The van der Waals surface area contributed by atoms with Gasteiger partial charge >= 0.3 is 0 Å². The molecule has 0 aliphatic rings. The van der Waals surface area contributed by atoms with Gasteiger partial charge in [-0.1, -0.05) is 24.9 Å². The second kappa shape index (κ2) is 6.26. The first kappa shape index (κ1) is 15.5. The molecule has 5 nitrogen and oxygen atoms in total. The summed E-state index contributed by atoms with van der Waals surface area (Å²) in [4.78, 5) is 0. The number of aromatic nitrogens is 2. The molecule has 2 rings (SSSR count). The van der Waals surface area contributed by atoms with Crippen LogP contribution < -0.4 is 15.8 Å². The Morgan fingerprint density at radius 3 is 2.76 bits per heavy atom. The van der Waals surface area contributed by atoms with Crippen molar-refractivity contribution in [2.45, 2.75) is 26.7 Å². The Balaban J connectivity index is 2.40. The molecule has 1 aromatic heterocycles. The van der Waals surface area contributed by atoms with Gasteiger partial charge in [-0.05, 0) is 25.0 Å². The molecule has 0 saturated heterocycles. The molecule has 6 heteroatoms. The molecule has 0 radical (unpaired) electrons. The van der Waals surface area contributed by atoms with Gasteiger partial charge in [0.1, 0.15) is 5.75 Å². The predicted molar refractivity (Wildman–Crippen MR) is 87.6 cm³/mol. The number of rotatable bonds is 5. The number of benzene rings is 1. The van der Waals surface area contributed by atoms with Crippen LogP contribution in [0.4, 0.5) is 17.2 Å². The number of hydrogen-bond acceptors (Lipinski definition) is 4. The van der Waals surface area contributed by atoms with E-state index in [-0.39, 0.29) is 0 Å². The first-order valence-electron chi connectivity index (χ1n) is 6.90. The Morgan fingerprint density at radius 2 is 2.14 bits per heavy atom. The topological polar surface area (TPSA) is 65.1 Å². The molecule has 21 heavy (non-hydrogen) atoms. The van der Waals surface area contributed by atoms with Crippen molar-refractivity contribution in [1.29, 1.82) is 0 Å². The Kier molecular flexibility index (Phi) is 4.63. The first-order chi connectivity index (χ1) is 9.97. The number of nitrogens with two attached hydrogens (primary N) is 1. The average Bonchev–Trinajstić information content (AvgIpc) is 2.70. The van der Waals surface area contributed by atoms with Gasteiger partial charge in [-0.15, -0.1) is 0 Å². The van der Waals surface area contributed by atoms with Gasteiger partial charge in [0, 0.05) is 18.1 Å². The van der Waals surface area contributed by atoms with Crippen LogP contribution in [0.1, 0.15) is 24.6 Å². The van der Waals surface area contributed by atoms with Crippen LogP contribution in [0.25, 0.3) is 0 Å². The summed E-state index contributed by atoms with van der Waals surface area (Å²) in [5.41, 5.74) is 9.55. The van der Waals surface area contributed by atoms with Gasteiger partial charge < -0.3 is 15.8 Å². The number of aryl methyl sites for hydroxylation is 3. The predicted octanol–water partition coefficient (Wildman–Crippen LogP) is 3.67. The van der Waals surface area contributed by atoms with Crippen LogP contribution in [0.2, 0.25) is 5.02 Å². The summed E-state index contributed by atoms with van der Waals surface area (Å²) in [5.74, 6) is 1.43. The van der Waals surface area contributed by atoms with Crippen LogP contribution in [0.15, 0.2) is 12.1 Å². The van der Waals surface area contributed by atoms with E-state index in [9.17, 15) is 0 Å². The molecule has 0 bridgehead atoms. The summed E-state index contributed by atoms with van der Waals surface area (Å²) in [6, 6.07) is 3.73. The molecule has 3 N–H and O–H groups in total. The van der Waals surface area contributed by atoms with Gasteiger partial charge in [-0.25, -0.2) is 0 Å². The number of hydrogen-bond donors (Lipinski definition) is 2. The third-order valence-electron chi connectivity index (χ3n) is 3.38. The summed E-state index contributed by atoms with van der Waals surface area (Å²) < 4.78 is 7.12. The molecule has 0 spiro atoms. The van der Waals surface area contributed by atoms with Crippen molar-refractivity contribution < 1.29 is 4.74 Å². The van der Waals surface area contributed by atoms with Crippen molar-refractivity contribution in [2.24, 2.45) is 7.05 Å². The van der Waals surface area contributed by atoms with Crippen LogP contribution in [0.5, 0.6) is 5.75 Å². The van der Waals surface area contributed by atoms with E-state index in [0.29, 0.717) is 16.5 Å². The molecule has 114 valence electrons. The monoisotopic (exact) mass is 308 g/mol. The van der Waals surface area contributed by atoms with E-state index in [1.165, 1.54) is 0 Å². The third kappa shape index (κ3) is 3.08. The molecular weight excluding hydrogens is 288 g/mol. The summed E-state index contributed by atoms with van der Waals surface area (Å²) in [7, 11) is 3.48. The number of nitrogens with zero attached hydrogens (tertiary/aromatic N) is 2. The highest BCUT2D eigenvalue weighted by Gasteiger charge is 2.15. The minimum absolute atomic E-state index is 0.669. The standard InChI is InChI=1S/C15H21ClN4O/c1-5-6-11-14(17)15(20(3)19-11)18-12-7-9(2)10(16)8-13(12)21-4/h7-8,18H,5-6,17H2,1-4H3. The van der Waals surface area contributed by atoms with Crippen LogP contribution in [0, 0.1) is 6.92 Å². The van der Waals surface area contributed by atoms with Gasteiger partial charge in [0.2, 0.25) is 0 Å². The number of ether oxygens (including phenoxy) is 1. The van der Waals surface area contributed by atoms with Crippen LogP contribution in [-0.4, -0.2) is 16.9 Å². The number of methoxy groups -OCH3 is 1. The van der Waals surface area contributed by atoms with Gasteiger partial charge in [-0.2, -0.15) is 5.10 Å². The van der Waals surface area contributed by atoms with E-state index < -0.39 is 0 Å². The lowest BCUT2D eigenvalue weighted by Gasteiger charge is -2.13. The van der Waals surface area contributed by atoms with Gasteiger partial charge in [0.15, 0.2) is 5.82 Å². The van der Waals surface area contributed by atoms with Crippen molar-refractivity contribution in [3.05, 3.63) is 28.4 Å². The lowest BCUT2D eigenvalue weighted by Crippen LogP contribution is -2.03.